The largest absolute Gasteiger partial charge is 0.481 e. The molecule has 1 N–H and O–H groups in total. The van der Waals surface area contributed by atoms with Crippen LogP contribution < -0.4 is 0 Å². The van der Waals surface area contributed by atoms with Gasteiger partial charge in [-0.05, 0) is 53.2 Å². The van der Waals surface area contributed by atoms with Crippen LogP contribution in [-0.4, -0.2) is 16.1 Å². The number of carboxylic acid groups (broad SMARTS) is 1. The van der Waals surface area contributed by atoms with E-state index in [-0.39, 0.29) is 11.8 Å². The van der Waals surface area contributed by atoms with Crippen LogP contribution in [0.15, 0.2) is 22.8 Å². The average molecular weight is 298 g/mol. The standard InChI is InChI=1S/C13H16BrNO2/c14-10-5-6-11(15-8-10)7-9-3-1-2-4-12(9)13(16)17/h5-6,8-9,12H,1-4,7H2,(H,16,17). The maximum absolute atomic E-state index is 11.2. The smallest absolute Gasteiger partial charge is 0.306 e. The van der Waals surface area contributed by atoms with Crippen molar-refractivity contribution >= 4 is 21.9 Å². The summed E-state index contributed by atoms with van der Waals surface area (Å²) in [6.07, 6.45) is 6.57. The molecule has 1 aliphatic carbocycles. The third-order valence-electron chi connectivity index (χ3n) is 3.49. The Morgan fingerprint density at radius 2 is 2.18 bits per heavy atom. The predicted molar refractivity (Wildman–Crippen MR) is 68.7 cm³/mol. The maximum atomic E-state index is 11.2. The molecule has 1 aromatic rings. The van der Waals surface area contributed by atoms with Crippen LogP contribution in [0, 0.1) is 11.8 Å². The van der Waals surface area contributed by atoms with E-state index in [0.717, 1.165) is 42.3 Å². The van der Waals surface area contributed by atoms with E-state index in [0.29, 0.717) is 0 Å². The van der Waals surface area contributed by atoms with Crippen LogP contribution >= 0.6 is 15.9 Å². The summed E-state index contributed by atoms with van der Waals surface area (Å²) in [6, 6.07) is 3.93. The summed E-state index contributed by atoms with van der Waals surface area (Å²) in [5, 5.41) is 9.20. The highest BCUT2D eigenvalue weighted by molar-refractivity contribution is 9.10. The monoisotopic (exact) mass is 297 g/mol. The van der Waals surface area contributed by atoms with Gasteiger partial charge in [-0.2, -0.15) is 0 Å². The number of pyridine rings is 1. The lowest BCUT2D eigenvalue weighted by Crippen LogP contribution is -2.28. The van der Waals surface area contributed by atoms with E-state index < -0.39 is 5.97 Å². The van der Waals surface area contributed by atoms with Gasteiger partial charge in [0.1, 0.15) is 0 Å². The quantitative estimate of drug-likeness (QED) is 0.931. The second kappa shape index (κ2) is 5.63. The SMILES string of the molecule is O=C(O)C1CCCCC1Cc1ccc(Br)cn1. The zero-order chi connectivity index (χ0) is 12.3. The summed E-state index contributed by atoms with van der Waals surface area (Å²) in [5.74, 6) is -0.587. The molecule has 1 heterocycles. The summed E-state index contributed by atoms with van der Waals surface area (Å²) in [7, 11) is 0. The van der Waals surface area contributed by atoms with Crippen LogP contribution in [0.25, 0.3) is 0 Å². The average Bonchev–Trinajstić information content (AvgIpc) is 2.32. The van der Waals surface area contributed by atoms with Gasteiger partial charge in [0.15, 0.2) is 0 Å². The molecule has 0 spiro atoms. The van der Waals surface area contributed by atoms with E-state index in [4.69, 9.17) is 0 Å². The van der Waals surface area contributed by atoms with Gasteiger partial charge in [0.2, 0.25) is 0 Å². The second-order valence-corrected chi connectivity index (χ2v) is 5.58. The first-order chi connectivity index (χ1) is 8.16. The Morgan fingerprint density at radius 3 is 2.82 bits per heavy atom. The number of nitrogens with zero attached hydrogens (tertiary/aromatic N) is 1. The van der Waals surface area contributed by atoms with Gasteiger partial charge in [-0.3, -0.25) is 9.78 Å². The van der Waals surface area contributed by atoms with Gasteiger partial charge in [0, 0.05) is 16.4 Å². The van der Waals surface area contributed by atoms with E-state index in [9.17, 15) is 9.90 Å². The normalized spacial score (nSPS) is 24.5. The highest BCUT2D eigenvalue weighted by Gasteiger charge is 2.30. The molecule has 2 atom stereocenters. The van der Waals surface area contributed by atoms with Crippen molar-refractivity contribution in [2.24, 2.45) is 11.8 Å². The Bertz CT molecular complexity index is 391. The van der Waals surface area contributed by atoms with Crippen molar-refractivity contribution < 1.29 is 9.90 Å². The van der Waals surface area contributed by atoms with Crippen LogP contribution in [-0.2, 0) is 11.2 Å². The third-order valence-corrected chi connectivity index (χ3v) is 3.96. The number of hydrogen-bond donors (Lipinski definition) is 1. The van der Waals surface area contributed by atoms with Gasteiger partial charge in [0.05, 0.1) is 5.92 Å². The summed E-state index contributed by atoms with van der Waals surface area (Å²) >= 11 is 3.35. The fourth-order valence-corrected chi connectivity index (χ4v) is 2.81. The van der Waals surface area contributed by atoms with Crippen molar-refractivity contribution in [1.82, 2.24) is 4.98 Å². The Morgan fingerprint density at radius 1 is 1.41 bits per heavy atom. The van der Waals surface area contributed by atoms with E-state index in [1.807, 2.05) is 12.1 Å². The Labute approximate surface area is 109 Å². The number of aromatic nitrogens is 1. The first-order valence-electron chi connectivity index (χ1n) is 6.00. The summed E-state index contributed by atoms with van der Waals surface area (Å²) in [6.45, 7) is 0. The topological polar surface area (TPSA) is 50.2 Å². The number of carbonyl (C=O) groups is 1. The Hall–Kier alpha value is -0.900. The number of halogens is 1. The fraction of sp³-hybridized carbons (Fsp3) is 0.538. The van der Waals surface area contributed by atoms with E-state index in [2.05, 4.69) is 20.9 Å². The van der Waals surface area contributed by atoms with Gasteiger partial charge >= 0.3 is 5.97 Å². The summed E-state index contributed by atoms with van der Waals surface area (Å²) < 4.78 is 0.958. The van der Waals surface area contributed by atoms with Crippen LogP contribution in [0.4, 0.5) is 0 Å². The molecule has 1 aromatic heterocycles. The predicted octanol–water partition coefficient (Wildman–Crippen LogP) is 3.28. The molecular formula is C13H16BrNO2. The maximum Gasteiger partial charge on any atom is 0.306 e. The molecule has 1 fully saturated rings. The lowest BCUT2D eigenvalue weighted by atomic mass is 9.77. The van der Waals surface area contributed by atoms with Gasteiger partial charge in [-0.1, -0.05) is 12.8 Å². The van der Waals surface area contributed by atoms with Crippen LogP contribution in [0.2, 0.25) is 0 Å². The van der Waals surface area contributed by atoms with Crippen molar-refractivity contribution in [3.63, 3.8) is 0 Å². The van der Waals surface area contributed by atoms with Crippen molar-refractivity contribution in [1.29, 1.82) is 0 Å². The molecule has 1 aliphatic rings. The molecule has 0 aromatic carbocycles. The fourth-order valence-electron chi connectivity index (χ4n) is 2.57. The lowest BCUT2D eigenvalue weighted by Gasteiger charge is -2.28. The molecule has 1 saturated carbocycles. The molecular weight excluding hydrogens is 282 g/mol. The van der Waals surface area contributed by atoms with Crippen molar-refractivity contribution in [3.8, 4) is 0 Å². The van der Waals surface area contributed by atoms with Crippen LogP contribution in [0.3, 0.4) is 0 Å². The van der Waals surface area contributed by atoms with Crippen molar-refractivity contribution in [2.75, 3.05) is 0 Å². The minimum Gasteiger partial charge on any atom is -0.481 e. The molecule has 92 valence electrons. The molecule has 0 bridgehead atoms. The van der Waals surface area contributed by atoms with E-state index >= 15 is 0 Å². The lowest BCUT2D eigenvalue weighted by molar-refractivity contribution is -0.144. The molecule has 4 heteroatoms. The molecule has 3 nitrogen and oxygen atoms in total. The first kappa shape index (κ1) is 12.6. The number of rotatable bonds is 3. The minimum atomic E-state index is -0.646. The van der Waals surface area contributed by atoms with Gasteiger partial charge in [-0.15, -0.1) is 0 Å². The zero-order valence-electron chi connectivity index (χ0n) is 9.60. The van der Waals surface area contributed by atoms with Gasteiger partial charge in [-0.25, -0.2) is 0 Å². The van der Waals surface area contributed by atoms with Gasteiger partial charge < -0.3 is 5.11 Å². The molecule has 2 rings (SSSR count). The molecule has 0 saturated heterocycles. The van der Waals surface area contributed by atoms with E-state index in [1.165, 1.54) is 0 Å². The summed E-state index contributed by atoms with van der Waals surface area (Å²) in [5.41, 5.74) is 0.992. The molecule has 2 unspecified atom stereocenters. The number of hydrogen-bond acceptors (Lipinski definition) is 2. The Kier molecular flexibility index (Phi) is 4.15. The number of carboxylic acids is 1. The summed E-state index contributed by atoms with van der Waals surface area (Å²) in [4.78, 5) is 15.5. The van der Waals surface area contributed by atoms with E-state index in [1.54, 1.807) is 6.20 Å². The second-order valence-electron chi connectivity index (χ2n) is 4.66. The van der Waals surface area contributed by atoms with Crippen molar-refractivity contribution in [2.45, 2.75) is 32.1 Å². The zero-order valence-corrected chi connectivity index (χ0v) is 11.2. The Balaban J connectivity index is 2.05. The minimum absolute atomic E-state index is 0.186. The third kappa shape index (κ3) is 3.28. The number of aliphatic carboxylic acids is 1. The highest BCUT2D eigenvalue weighted by Crippen LogP contribution is 2.32. The molecule has 0 radical (unpaired) electrons. The van der Waals surface area contributed by atoms with Crippen molar-refractivity contribution in [3.05, 3.63) is 28.5 Å². The van der Waals surface area contributed by atoms with Crippen LogP contribution in [0.1, 0.15) is 31.4 Å². The first-order valence-corrected chi connectivity index (χ1v) is 6.79. The van der Waals surface area contributed by atoms with Gasteiger partial charge in [0.25, 0.3) is 0 Å². The molecule has 0 aliphatic heterocycles. The molecule has 0 amide bonds. The molecule has 17 heavy (non-hydrogen) atoms. The highest BCUT2D eigenvalue weighted by atomic mass is 79.9. The van der Waals surface area contributed by atoms with Crippen LogP contribution in [0.5, 0.6) is 0 Å².